The lowest BCUT2D eigenvalue weighted by atomic mass is 9.83. The molecule has 1 heterocycles. The number of carbonyl (C=O) groups excluding carboxylic acids is 4. The van der Waals surface area contributed by atoms with Crippen LogP contribution in [0.4, 0.5) is 0 Å². The number of aliphatic hydroxyl groups is 1. The Morgan fingerprint density at radius 2 is 1.83 bits per heavy atom. The Labute approximate surface area is 247 Å². The quantitative estimate of drug-likeness (QED) is 0.0752. The fourth-order valence-electron chi connectivity index (χ4n) is 6.01. The van der Waals surface area contributed by atoms with Gasteiger partial charge in [-0.15, -0.1) is 0 Å². The van der Waals surface area contributed by atoms with E-state index < -0.39 is 36.0 Å². The number of rotatable bonds is 15. The second kappa shape index (κ2) is 16.1. The summed E-state index contributed by atoms with van der Waals surface area (Å²) < 4.78 is 0. The topological polar surface area (TPSA) is 200 Å². The number of likely N-dealkylation sites (tertiary alicyclic amines) is 1. The predicted molar refractivity (Wildman–Crippen MR) is 158 cm³/mol. The number of nitrogens with two attached hydrogens (primary N) is 2. The molecule has 0 spiro atoms. The third-order valence-corrected chi connectivity index (χ3v) is 8.18. The molecule has 2 fully saturated rings. The first-order valence-corrected chi connectivity index (χ1v) is 15.0. The van der Waals surface area contributed by atoms with E-state index >= 15 is 0 Å². The minimum absolute atomic E-state index is 0.0132. The number of carbonyl (C=O) groups is 4. The number of unbranched alkanes of at least 4 members (excludes halogenated alkanes) is 2. The van der Waals surface area contributed by atoms with Crippen LogP contribution in [-0.2, 0) is 25.6 Å². The number of hydrogen-bond acceptors (Lipinski definition) is 7. The second-order valence-corrected chi connectivity index (χ2v) is 11.4. The second-order valence-electron chi connectivity index (χ2n) is 11.4. The first-order valence-electron chi connectivity index (χ1n) is 15.0. The summed E-state index contributed by atoms with van der Waals surface area (Å²) in [4.78, 5) is 58.0. The summed E-state index contributed by atoms with van der Waals surface area (Å²) >= 11 is 0. The molecule has 0 radical (unpaired) electrons. The van der Waals surface area contributed by atoms with E-state index in [1.807, 2.05) is 6.92 Å². The third-order valence-electron chi connectivity index (χ3n) is 8.18. The van der Waals surface area contributed by atoms with Gasteiger partial charge in [-0.1, -0.05) is 31.9 Å². The van der Waals surface area contributed by atoms with E-state index in [0.717, 1.165) is 18.4 Å². The van der Waals surface area contributed by atoms with Crippen molar-refractivity contribution in [2.24, 2.45) is 22.4 Å². The van der Waals surface area contributed by atoms with Gasteiger partial charge in [0.15, 0.2) is 5.96 Å². The normalized spacial score (nSPS) is 22.9. The van der Waals surface area contributed by atoms with Gasteiger partial charge in [0, 0.05) is 25.4 Å². The minimum Gasteiger partial charge on any atom is -0.508 e. The zero-order valence-electron chi connectivity index (χ0n) is 24.4. The van der Waals surface area contributed by atoms with Gasteiger partial charge in [-0.05, 0) is 68.6 Å². The van der Waals surface area contributed by atoms with E-state index in [1.165, 1.54) is 12.1 Å². The summed E-state index contributed by atoms with van der Waals surface area (Å²) in [6.07, 6.45) is 5.87. The molecule has 3 unspecified atom stereocenters. The summed E-state index contributed by atoms with van der Waals surface area (Å²) in [5.41, 5.74) is 11.4. The lowest BCUT2D eigenvalue weighted by Gasteiger charge is -2.37. The Morgan fingerprint density at radius 3 is 2.50 bits per heavy atom. The van der Waals surface area contributed by atoms with Crippen LogP contribution < -0.4 is 22.1 Å². The summed E-state index contributed by atoms with van der Waals surface area (Å²) in [6.45, 7) is 2.36. The number of aromatic hydroxyl groups is 1. The maximum Gasteiger partial charge on any atom is 0.246 e. The molecule has 42 heavy (non-hydrogen) atoms. The summed E-state index contributed by atoms with van der Waals surface area (Å²) in [6, 6.07) is 3.49. The maximum atomic E-state index is 14.3. The molecule has 1 aliphatic heterocycles. The fraction of sp³-hybridized carbons (Fsp3) is 0.633. The van der Waals surface area contributed by atoms with Gasteiger partial charge in [0.1, 0.15) is 24.1 Å². The van der Waals surface area contributed by atoms with Crippen LogP contribution >= 0.6 is 0 Å². The number of benzene rings is 1. The van der Waals surface area contributed by atoms with Crippen molar-refractivity contribution >= 4 is 30.0 Å². The molecule has 6 atom stereocenters. The monoisotopic (exact) mass is 586 g/mol. The van der Waals surface area contributed by atoms with Gasteiger partial charge in [0.2, 0.25) is 17.7 Å². The van der Waals surface area contributed by atoms with Crippen molar-refractivity contribution in [3.05, 3.63) is 29.8 Å². The lowest BCUT2D eigenvalue weighted by Crippen LogP contribution is -2.58. The minimum atomic E-state index is -0.946. The number of phenols is 1. The van der Waals surface area contributed by atoms with Crippen molar-refractivity contribution in [2.75, 3.05) is 6.54 Å². The molecular weight excluding hydrogens is 540 g/mol. The highest BCUT2D eigenvalue weighted by atomic mass is 16.3. The van der Waals surface area contributed by atoms with Gasteiger partial charge in [0.05, 0.1) is 12.1 Å². The Balaban J connectivity index is 1.83. The number of amides is 3. The molecule has 232 valence electrons. The fourth-order valence-corrected chi connectivity index (χ4v) is 6.01. The van der Waals surface area contributed by atoms with E-state index in [1.54, 1.807) is 17.0 Å². The van der Waals surface area contributed by atoms with Crippen LogP contribution in [0.3, 0.4) is 0 Å². The number of aliphatic hydroxyl groups excluding tert-OH is 1. The Bertz CT molecular complexity index is 1090. The van der Waals surface area contributed by atoms with E-state index in [2.05, 4.69) is 15.6 Å². The smallest absolute Gasteiger partial charge is 0.246 e. The number of aldehydes is 1. The van der Waals surface area contributed by atoms with Gasteiger partial charge >= 0.3 is 0 Å². The first-order chi connectivity index (χ1) is 20.1. The molecule has 1 saturated carbocycles. The zero-order chi connectivity index (χ0) is 30.6. The number of nitrogens with zero attached hydrogens (tertiary/aromatic N) is 2. The zero-order valence-corrected chi connectivity index (χ0v) is 24.4. The molecule has 1 aromatic carbocycles. The van der Waals surface area contributed by atoms with Crippen molar-refractivity contribution < 1.29 is 29.4 Å². The molecule has 0 aromatic heterocycles. The largest absolute Gasteiger partial charge is 0.508 e. The molecule has 1 aliphatic carbocycles. The molecule has 2 aliphatic rings. The standard InChI is InChI=1S/C30H46N6O6/c1-2-3-4-7-27(40)35-24(15-19-8-11-22(38)12-9-19)29(42)36-25-17-23(39)13-10-20(25)16-26(36)28(41)34-21(18-37)6-5-14-33-30(31)32/h8-9,11-12,18,20-21,23-26,38-39H,2-7,10,13-17H2,1H3,(H,34,41)(H,35,40)(H4,31,32,33)/t20-,21?,23?,24-,25-,26?/m0/s1. The molecule has 0 bridgehead atoms. The highest BCUT2D eigenvalue weighted by Crippen LogP contribution is 2.40. The number of fused-ring (bicyclic) bond motifs is 1. The molecule has 8 N–H and O–H groups in total. The summed E-state index contributed by atoms with van der Waals surface area (Å²) in [5, 5.41) is 25.9. The SMILES string of the molecule is CCCCCC(=O)N[C@@H](Cc1ccc(O)cc1)C(=O)N1C(C(=O)NC(C=O)CCCN=C(N)N)C[C@@H]2CCC(O)C[C@@H]21. The number of aliphatic imine (C=N–C) groups is 1. The molecule has 1 saturated heterocycles. The molecule has 12 heteroatoms. The van der Waals surface area contributed by atoms with E-state index in [0.29, 0.717) is 57.8 Å². The van der Waals surface area contributed by atoms with Crippen molar-refractivity contribution in [1.82, 2.24) is 15.5 Å². The average molecular weight is 587 g/mol. The van der Waals surface area contributed by atoms with Crippen molar-refractivity contribution in [3.63, 3.8) is 0 Å². The van der Waals surface area contributed by atoms with Crippen molar-refractivity contribution in [1.29, 1.82) is 0 Å². The molecular formula is C30H46N6O6. The Hall–Kier alpha value is -3.67. The van der Waals surface area contributed by atoms with Crippen LogP contribution in [0.2, 0.25) is 0 Å². The highest BCUT2D eigenvalue weighted by Gasteiger charge is 2.50. The van der Waals surface area contributed by atoms with Gasteiger partial charge < -0.3 is 42.0 Å². The van der Waals surface area contributed by atoms with Crippen LogP contribution in [0, 0.1) is 5.92 Å². The number of hydrogen-bond donors (Lipinski definition) is 6. The highest BCUT2D eigenvalue weighted by molar-refractivity contribution is 5.94. The van der Waals surface area contributed by atoms with E-state index in [4.69, 9.17) is 11.5 Å². The van der Waals surface area contributed by atoms with Crippen LogP contribution in [0.25, 0.3) is 0 Å². The van der Waals surface area contributed by atoms with Gasteiger partial charge in [0.25, 0.3) is 0 Å². The number of guanidine groups is 1. The van der Waals surface area contributed by atoms with Gasteiger partial charge in [-0.2, -0.15) is 0 Å². The Morgan fingerprint density at radius 1 is 1.10 bits per heavy atom. The molecule has 3 rings (SSSR count). The van der Waals surface area contributed by atoms with Gasteiger partial charge in [-0.3, -0.25) is 19.4 Å². The predicted octanol–water partition coefficient (Wildman–Crippen LogP) is 0.868. The van der Waals surface area contributed by atoms with Crippen molar-refractivity contribution in [2.45, 2.75) is 108 Å². The Kier molecular flexibility index (Phi) is 12.6. The molecule has 1 aromatic rings. The number of phenolic OH excluding ortho intramolecular Hbond substituents is 1. The third kappa shape index (κ3) is 9.43. The van der Waals surface area contributed by atoms with E-state index in [9.17, 15) is 29.4 Å². The summed E-state index contributed by atoms with van der Waals surface area (Å²) in [7, 11) is 0. The van der Waals surface area contributed by atoms with Gasteiger partial charge in [-0.25, -0.2) is 0 Å². The first kappa shape index (κ1) is 32.8. The van der Waals surface area contributed by atoms with Crippen LogP contribution in [0.15, 0.2) is 29.3 Å². The van der Waals surface area contributed by atoms with Crippen LogP contribution in [0.1, 0.15) is 76.7 Å². The lowest BCUT2D eigenvalue weighted by molar-refractivity contribution is -0.144. The van der Waals surface area contributed by atoms with Crippen LogP contribution in [0.5, 0.6) is 5.75 Å². The molecule has 3 amide bonds. The van der Waals surface area contributed by atoms with E-state index in [-0.39, 0.29) is 42.4 Å². The average Bonchev–Trinajstić information content (AvgIpc) is 3.33. The maximum absolute atomic E-state index is 14.3. The number of nitrogens with one attached hydrogen (secondary N) is 2. The van der Waals surface area contributed by atoms with Crippen LogP contribution in [-0.4, -0.2) is 81.9 Å². The summed E-state index contributed by atoms with van der Waals surface area (Å²) in [5.74, 6) is -1.04. The molecule has 12 nitrogen and oxygen atoms in total. The van der Waals surface area contributed by atoms with Crippen molar-refractivity contribution in [3.8, 4) is 5.75 Å².